The highest BCUT2D eigenvalue weighted by Crippen LogP contribution is 2.35. The van der Waals surface area contributed by atoms with Gasteiger partial charge in [-0.2, -0.15) is 0 Å². The number of carbonyl (C=O) groups is 2. The molecular formula is C13H17N3O2. The minimum absolute atomic E-state index is 0.335. The number of nitrogens with two attached hydrogens (primary N) is 2. The number of urea groups is 1. The molecule has 3 amide bonds. The van der Waals surface area contributed by atoms with E-state index in [4.69, 9.17) is 11.5 Å². The smallest absolute Gasteiger partial charge is 0.314 e. The molecule has 0 bridgehead atoms. The molecule has 5 nitrogen and oxygen atoms in total. The fourth-order valence-corrected chi connectivity index (χ4v) is 2.54. The summed E-state index contributed by atoms with van der Waals surface area (Å²) in [5.74, 6) is -0.335. The predicted molar refractivity (Wildman–Crippen MR) is 67.7 cm³/mol. The van der Waals surface area contributed by atoms with E-state index >= 15 is 0 Å². The van der Waals surface area contributed by atoms with Gasteiger partial charge in [0.25, 0.3) is 0 Å². The lowest BCUT2D eigenvalue weighted by Crippen LogP contribution is -2.52. The van der Waals surface area contributed by atoms with Crippen molar-refractivity contribution in [2.45, 2.75) is 18.3 Å². The lowest BCUT2D eigenvalue weighted by molar-refractivity contribution is -0.125. The van der Waals surface area contributed by atoms with Crippen molar-refractivity contribution in [3.63, 3.8) is 0 Å². The number of benzene rings is 1. The molecule has 1 aromatic rings. The third-order valence-corrected chi connectivity index (χ3v) is 3.73. The lowest BCUT2D eigenvalue weighted by Gasteiger charge is -2.39. The first-order chi connectivity index (χ1) is 8.56. The molecule has 1 aliphatic heterocycles. The van der Waals surface area contributed by atoms with Crippen molar-refractivity contribution in [1.29, 1.82) is 0 Å². The molecule has 5 heteroatoms. The van der Waals surface area contributed by atoms with Gasteiger partial charge in [0, 0.05) is 13.1 Å². The van der Waals surface area contributed by atoms with Gasteiger partial charge in [-0.3, -0.25) is 4.79 Å². The normalized spacial score (nSPS) is 18.3. The number of primary amides is 2. The highest BCUT2D eigenvalue weighted by Gasteiger charge is 2.41. The van der Waals surface area contributed by atoms with Crippen LogP contribution in [0.1, 0.15) is 18.4 Å². The summed E-state index contributed by atoms with van der Waals surface area (Å²) in [6.07, 6.45) is 1.05. The van der Waals surface area contributed by atoms with Gasteiger partial charge >= 0.3 is 6.03 Å². The maximum atomic E-state index is 11.8. The summed E-state index contributed by atoms with van der Waals surface area (Å²) >= 11 is 0. The Hall–Kier alpha value is -2.04. The van der Waals surface area contributed by atoms with Crippen LogP contribution < -0.4 is 11.5 Å². The molecule has 1 fully saturated rings. The fraction of sp³-hybridized carbons (Fsp3) is 0.385. The van der Waals surface area contributed by atoms with Gasteiger partial charge in [-0.25, -0.2) is 4.79 Å². The highest BCUT2D eigenvalue weighted by molar-refractivity contribution is 5.87. The van der Waals surface area contributed by atoms with Crippen LogP contribution in [0.15, 0.2) is 30.3 Å². The Balaban J connectivity index is 2.27. The topological polar surface area (TPSA) is 89.4 Å². The van der Waals surface area contributed by atoms with Crippen LogP contribution in [-0.2, 0) is 10.2 Å². The van der Waals surface area contributed by atoms with E-state index in [9.17, 15) is 9.59 Å². The molecule has 1 saturated heterocycles. The van der Waals surface area contributed by atoms with Crippen LogP contribution in [0.2, 0.25) is 0 Å². The highest BCUT2D eigenvalue weighted by atomic mass is 16.2. The van der Waals surface area contributed by atoms with Crippen molar-refractivity contribution in [3.8, 4) is 0 Å². The van der Waals surface area contributed by atoms with Gasteiger partial charge in [-0.1, -0.05) is 30.3 Å². The number of hydrogen-bond donors (Lipinski definition) is 2. The van der Waals surface area contributed by atoms with Gasteiger partial charge in [0.1, 0.15) is 0 Å². The van der Waals surface area contributed by atoms with E-state index in [0.717, 1.165) is 5.56 Å². The molecule has 4 N–H and O–H groups in total. The second-order valence-electron chi connectivity index (χ2n) is 4.64. The van der Waals surface area contributed by atoms with E-state index in [1.807, 2.05) is 30.3 Å². The number of hydrogen-bond acceptors (Lipinski definition) is 2. The Morgan fingerprint density at radius 3 is 2.06 bits per heavy atom. The molecule has 0 radical (unpaired) electrons. The third-order valence-electron chi connectivity index (χ3n) is 3.73. The standard InChI is InChI=1S/C13H17N3O2/c14-11(17)13(10-4-2-1-3-5-10)6-8-16(9-7-13)12(15)18/h1-5H,6-9H2,(H2,14,17)(H2,15,18). The number of likely N-dealkylation sites (tertiary alicyclic amines) is 1. The average Bonchev–Trinajstić information content (AvgIpc) is 2.39. The van der Waals surface area contributed by atoms with Crippen LogP contribution in [0.4, 0.5) is 4.79 Å². The zero-order chi connectivity index (χ0) is 13.2. The molecule has 0 atom stereocenters. The van der Waals surface area contributed by atoms with E-state index in [1.165, 1.54) is 0 Å². The first kappa shape index (κ1) is 12.4. The van der Waals surface area contributed by atoms with E-state index in [-0.39, 0.29) is 5.91 Å². The van der Waals surface area contributed by atoms with Crippen LogP contribution >= 0.6 is 0 Å². The van der Waals surface area contributed by atoms with E-state index in [1.54, 1.807) is 4.90 Å². The Kier molecular flexibility index (Phi) is 3.23. The Morgan fingerprint density at radius 2 is 1.61 bits per heavy atom. The summed E-state index contributed by atoms with van der Waals surface area (Å²) in [5.41, 5.74) is 11.1. The molecule has 96 valence electrons. The molecule has 1 aliphatic rings. The summed E-state index contributed by atoms with van der Waals surface area (Å²) in [4.78, 5) is 24.5. The zero-order valence-corrected chi connectivity index (χ0v) is 10.1. The summed E-state index contributed by atoms with van der Waals surface area (Å²) in [6, 6.07) is 9.05. The molecule has 1 aromatic carbocycles. The van der Waals surface area contributed by atoms with Gasteiger partial charge in [-0.05, 0) is 18.4 Å². The maximum Gasteiger partial charge on any atom is 0.314 e. The molecule has 18 heavy (non-hydrogen) atoms. The number of nitrogens with zero attached hydrogens (tertiary/aromatic N) is 1. The van der Waals surface area contributed by atoms with Crippen molar-refractivity contribution in [3.05, 3.63) is 35.9 Å². The van der Waals surface area contributed by atoms with Crippen molar-refractivity contribution in [2.75, 3.05) is 13.1 Å². The van der Waals surface area contributed by atoms with Gasteiger partial charge < -0.3 is 16.4 Å². The molecule has 0 unspecified atom stereocenters. The maximum absolute atomic E-state index is 11.8. The third kappa shape index (κ3) is 2.03. The predicted octanol–water partition coefficient (Wildman–Crippen LogP) is 0.584. The van der Waals surface area contributed by atoms with Gasteiger partial charge in [-0.15, -0.1) is 0 Å². The number of amides is 3. The van der Waals surface area contributed by atoms with Gasteiger partial charge in [0.05, 0.1) is 5.41 Å². The quantitative estimate of drug-likeness (QED) is 0.800. The first-order valence-electron chi connectivity index (χ1n) is 5.96. The minimum atomic E-state index is -0.673. The summed E-state index contributed by atoms with van der Waals surface area (Å²) in [6.45, 7) is 0.931. The summed E-state index contributed by atoms with van der Waals surface area (Å²) < 4.78 is 0. The van der Waals surface area contributed by atoms with Crippen LogP contribution in [0.5, 0.6) is 0 Å². The molecule has 0 spiro atoms. The van der Waals surface area contributed by atoms with Crippen molar-refractivity contribution >= 4 is 11.9 Å². The Labute approximate surface area is 106 Å². The molecular weight excluding hydrogens is 230 g/mol. The van der Waals surface area contributed by atoms with Crippen LogP contribution in [0.3, 0.4) is 0 Å². The molecule has 0 aliphatic carbocycles. The second-order valence-corrected chi connectivity index (χ2v) is 4.64. The molecule has 0 saturated carbocycles. The van der Waals surface area contributed by atoms with Crippen molar-refractivity contribution < 1.29 is 9.59 Å². The zero-order valence-electron chi connectivity index (χ0n) is 10.1. The SMILES string of the molecule is NC(=O)N1CCC(C(N)=O)(c2ccccc2)CC1. The van der Waals surface area contributed by atoms with Crippen molar-refractivity contribution in [1.82, 2.24) is 4.90 Å². The van der Waals surface area contributed by atoms with Crippen LogP contribution in [-0.4, -0.2) is 29.9 Å². The number of carbonyl (C=O) groups excluding carboxylic acids is 2. The molecule has 1 heterocycles. The van der Waals surface area contributed by atoms with Crippen molar-refractivity contribution in [2.24, 2.45) is 11.5 Å². The number of piperidine rings is 1. The lowest BCUT2D eigenvalue weighted by atomic mass is 9.72. The average molecular weight is 247 g/mol. The minimum Gasteiger partial charge on any atom is -0.369 e. The Bertz CT molecular complexity index is 451. The van der Waals surface area contributed by atoms with Crippen LogP contribution in [0, 0.1) is 0 Å². The molecule has 2 rings (SSSR count). The van der Waals surface area contributed by atoms with Gasteiger partial charge in [0.2, 0.25) is 5.91 Å². The Morgan fingerprint density at radius 1 is 1.06 bits per heavy atom. The van der Waals surface area contributed by atoms with Crippen LogP contribution in [0.25, 0.3) is 0 Å². The largest absolute Gasteiger partial charge is 0.369 e. The summed E-state index contributed by atoms with van der Waals surface area (Å²) in [5, 5.41) is 0. The second kappa shape index (κ2) is 4.68. The molecule has 0 aromatic heterocycles. The van der Waals surface area contributed by atoms with E-state index in [2.05, 4.69) is 0 Å². The summed E-state index contributed by atoms with van der Waals surface area (Å²) in [7, 11) is 0. The van der Waals surface area contributed by atoms with E-state index in [0.29, 0.717) is 25.9 Å². The van der Waals surface area contributed by atoms with E-state index < -0.39 is 11.4 Å². The van der Waals surface area contributed by atoms with Gasteiger partial charge in [0.15, 0.2) is 0 Å². The first-order valence-corrected chi connectivity index (χ1v) is 5.96. The monoisotopic (exact) mass is 247 g/mol. The number of rotatable bonds is 2. The fourth-order valence-electron chi connectivity index (χ4n) is 2.54.